The Hall–Kier alpha value is -0.630. The van der Waals surface area contributed by atoms with E-state index in [1.54, 1.807) is 0 Å². The van der Waals surface area contributed by atoms with Crippen LogP contribution in [0.25, 0.3) is 0 Å². The summed E-state index contributed by atoms with van der Waals surface area (Å²) >= 11 is 0. The zero-order valence-electron chi connectivity index (χ0n) is 11.7. The van der Waals surface area contributed by atoms with Crippen molar-refractivity contribution in [2.75, 3.05) is 0 Å². The number of ketones is 1. The Bertz CT molecular complexity index is 233. The largest absolute Gasteiger partial charge is 0.393 e. The van der Waals surface area contributed by atoms with Gasteiger partial charge in [0.1, 0.15) is 5.78 Å². The molecule has 0 aromatic rings. The second-order valence-electron chi connectivity index (χ2n) is 5.09. The molecule has 0 aliphatic carbocycles. The highest BCUT2D eigenvalue weighted by atomic mass is 16.3. The fourth-order valence-electron chi connectivity index (χ4n) is 1.75. The SMILES string of the molecule is C=C(C)[C@H](C)[C@H](O)CCCCC(=O)CCCC. The summed E-state index contributed by atoms with van der Waals surface area (Å²) in [7, 11) is 0. The van der Waals surface area contributed by atoms with Crippen molar-refractivity contribution in [2.24, 2.45) is 5.92 Å². The van der Waals surface area contributed by atoms with E-state index in [0.29, 0.717) is 12.2 Å². The molecule has 2 atom stereocenters. The highest BCUT2D eigenvalue weighted by Crippen LogP contribution is 2.17. The first-order valence-corrected chi connectivity index (χ1v) is 6.84. The Morgan fingerprint density at radius 3 is 2.35 bits per heavy atom. The first-order chi connectivity index (χ1) is 7.99. The smallest absolute Gasteiger partial charge is 0.132 e. The molecule has 0 unspecified atom stereocenters. The van der Waals surface area contributed by atoms with Gasteiger partial charge in [0.05, 0.1) is 6.10 Å². The van der Waals surface area contributed by atoms with Crippen molar-refractivity contribution >= 4 is 5.78 Å². The Morgan fingerprint density at radius 1 is 1.24 bits per heavy atom. The molecule has 0 aliphatic rings. The zero-order valence-corrected chi connectivity index (χ0v) is 11.7. The van der Waals surface area contributed by atoms with Crippen LogP contribution in [0.3, 0.4) is 0 Å². The molecule has 0 bridgehead atoms. The molecule has 0 radical (unpaired) electrons. The molecule has 0 saturated carbocycles. The summed E-state index contributed by atoms with van der Waals surface area (Å²) in [5.74, 6) is 0.528. The van der Waals surface area contributed by atoms with Crippen LogP contribution in [-0.2, 0) is 4.79 Å². The summed E-state index contributed by atoms with van der Waals surface area (Å²) < 4.78 is 0. The van der Waals surface area contributed by atoms with Crippen molar-refractivity contribution in [3.05, 3.63) is 12.2 Å². The Morgan fingerprint density at radius 2 is 1.82 bits per heavy atom. The molecule has 0 spiro atoms. The molecule has 2 nitrogen and oxygen atoms in total. The normalized spacial score (nSPS) is 14.4. The maximum absolute atomic E-state index is 11.4. The Kier molecular flexibility index (Phi) is 9.06. The fraction of sp³-hybridized carbons (Fsp3) is 0.800. The molecular formula is C15H28O2. The highest BCUT2D eigenvalue weighted by molar-refractivity contribution is 5.78. The third-order valence-electron chi connectivity index (χ3n) is 3.37. The molecule has 0 aliphatic heterocycles. The molecule has 0 saturated heterocycles. The van der Waals surface area contributed by atoms with E-state index >= 15 is 0 Å². The molecule has 100 valence electrons. The van der Waals surface area contributed by atoms with Crippen molar-refractivity contribution in [1.29, 1.82) is 0 Å². The number of hydrogen-bond acceptors (Lipinski definition) is 2. The molecule has 0 aromatic carbocycles. The van der Waals surface area contributed by atoms with E-state index in [0.717, 1.165) is 44.1 Å². The van der Waals surface area contributed by atoms with E-state index in [-0.39, 0.29) is 12.0 Å². The maximum atomic E-state index is 11.4. The highest BCUT2D eigenvalue weighted by Gasteiger charge is 2.14. The van der Waals surface area contributed by atoms with E-state index < -0.39 is 0 Å². The van der Waals surface area contributed by atoms with E-state index in [1.165, 1.54) is 0 Å². The third kappa shape index (κ3) is 8.14. The van der Waals surface area contributed by atoms with Crippen molar-refractivity contribution in [3.63, 3.8) is 0 Å². The van der Waals surface area contributed by atoms with Crippen LogP contribution in [0.2, 0.25) is 0 Å². The summed E-state index contributed by atoms with van der Waals surface area (Å²) in [4.78, 5) is 11.4. The lowest BCUT2D eigenvalue weighted by atomic mass is 9.93. The summed E-state index contributed by atoms with van der Waals surface area (Å²) in [6.07, 6.45) is 5.79. The van der Waals surface area contributed by atoms with Gasteiger partial charge in [0, 0.05) is 18.8 Å². The second kappa shape index (κ2) is 9.41. The van der Waals surface area contributed by atoms with Gasteiger partial charge in [0.15, 0.2) is 0 Å². The lowest BCUT2D eigenvalue weighted by molar-refractivity contribution is -0.119. The van der Waals surface area contributed by atoms with Gasteiger partial charge < -0.3 is 5.11 Å². The van der Waals surface area contributed by atoms with Gasteiger partial charge in [0.2, 0.25) is 0 Å². The van der Waals surface area contributed by atoms with Crippen LogP contribution in [0, 0.1) is 5.92 Å². The van der Waals surface area contributed by atoms with Crippen LogP contribution >= 0.6 is 0 Å². The lowest BCUT2D eigenvalue weighted by Crippen LogP contribution is -2.18. The minimum absolute atomic E-state index is 0.158. The van der Waals surface area contributed by atoms with Crippen molar-refractivity contribution in [3.8, 4) is 0 Å². The molecular weight excluding hydrogens is 212 g/mol. The van der Waals surface area contributed by atoms with Crippen LogP contribution in [0.1, 0.15) is 65.7 Å². The van der Waals surface area contributed by atoms with Crippen molar-refractivity contribution < 1.29 is 9.90 Å². The Labute approximate surface area is 106 Å². The molecule has 0 aromatic heterocycles. The van der Waals surface area contributed by atoms with E-state index in [4.69, 9.17) is 0 Å². The quantitative estimate of drug-likeness (QED) is 0.465. The minimum Gasteiger partial charge on any atom is -0.393 e. The topological polar surface area (TPSA) is 37.3 Å². The average Bonchev–Trinajstić information content (AvgIpc) is 2.30. The van der Waals surface area contributed by atoms with Gasteiger partial charge in [-0.1, -0.05) is 38.8 Å². The van der Waals surface area contributed by atoms with Gasteiger partial charge >= 0.3 is 0 Å². The molecule has 2 heteroatoms. The summed E-state index contributed by atoms with van der Waals surface area (Å²) in [6, 6.07) is 0. The first kappa shape index (κ1) is 16.4. The predicted molar refractivity (Wildman–Crippen MR) is 73.0 cm³/mol. The first-order valence-electron chi connectivity index (χ1n) is 6.84. The van der Waals surface area contributed by atoms with Crippen LogP contribution in [-0.4, -0.2) is 17.0 Å². The standard InChI is InChI=1S/C15H28O2/c1-5-6-9-14(16)10-7-8-11-15(17)13(4)12(2)3/h13,15,17H,2,5-11H2,1,3-4H3/t13-,15+/m0/s1. The number of aliphatic hydroxyl groups is 1. The summed E-state index contributed by atoms with van der Waals surface area (Å²) in [5.41, 5.74) is 1.02. The Balaban J connectivity index is 3.57. The minimum atomic E-state index is -0.307. The van der Waals surface area contributed by atoms with Gasteiger partial charge in [-0.15, -0.1) is 0 Å². The monoisotopic (exact) mass is 240 g/mol. The third-order valence-corrected chi connectivity index (χ3v) is 3.37. The number of carbonyl (C=O) groups excluding carboxylic acids is 1. The number of rotatable bonds is 10. The van der Waals surface area contributed by atoms with Crippen molar-refractivity contribution in [2.45, 2.75) is 71.8 Å². The average molecular weight is 240 g/mol. The van der Waals surface area contributed by atoms with Crippen LogP contribution in [0.5, 0.6) is 0 Å². The molecule has 0 heterocycles. The van der Waals surface area contributed by atoms with Gasteiger partial charge in [0.25, 0.3) is 0 Å². The maximum Gasteiger partial charge on any atom is 0.132 e. The van der Waals surface area contributed by atoms with Crippen LogP contribution in [0.15, 0.2) is 12.2 Å². The van der Waals surface area contributed by atoms with Crippen LogP contribution in [0.4, 0.5) is 0 Å². The number of unbranched alkanes of at least 4 members (excludes halogenated alkanes) is 2. The number of carbonyl (C=O) groups is 1. The van der Waals surface area contributed by atoms with Gasteiger partial charge in [-0.3, -0.25) is 4.79 Å². The molecule has 17 heavy (non-hydrogen) atoms. The number of Topliss-reactive ketones (excluding diaryl/α,β-unsaturated/α-hetero) is 1. The molecule has 0 fully saturated rings. The van der Waals surface area contributed by atoms with E-state index in [2.05, 4.69) is 13.5 Å². The summed E-state index contributed by atoms with van der Waals surface area (Å²) in [6.45, 7) is 9.90. The van der Waals surface area contributed by atoms with Gasteiger partial charge in [-0.05, 0) is 26.2 Å². The number of hydrogen-bond donors (Lipinski definition) is 1. The van der Waals surface area contributed by atoms with E-state index in [9.17, 15) is 9.90 Å². The van der Waals surface area contributed by atoms with Crippen molar-refractivity contribution in [1.82, 2.24) is 0 Å². The summed E-state index contributed by atoms with van der Waals surface area (Å²) in [5, 5.41) is 9.85. The number of aliphatic hydroxyl groups excluding tert-OH is 1. The molecule has 1 N–H and O–H groups in total. The fourth-order valence-corrected chi connectivity index (χ4v) is 1.75. The zero-order chi connectivity index (χ0) is 13.3. The second-order valence-corrected chi connectivity index (χ2v) is 5.09. The molecule has 0 amide bonds. The van der Waals surface area contributed by atoms with Crippen LogP contribution < -0.4 is 0 Å². The lowest BCUT2D eigenvalue weighted by Gasteiger charge is -2.18. The predicted octanol–water partition coefficient (Wildman–Crippen LogP) is 3.88. The van der Waals surface area contributed by atoms with E-state index in [1.807, 2.05) is 13.8 Å². The van der Waals surface area contributed by atoms with Gasteiger partial charge in [-0.25, -0.2) is 0 Å². The molecule has 0 rings (SSSR count). The van der Waals surface area contributed by atoms with Gasteiger partial charge in [-0.2, -0.15) is 0 Å².